The normalized spacial score (nSPS) is 12.8. The van der Waals surface area contributed by atoms with Crippen LogP contribution in [0.1, 0.15) is 11.3 Å². The van der Waals surface area contributed by atoms with Crippen LogP contribution in [0.4, 0.5) is 0 Å². The highest BCUT2D eigenvalue weighted by molar-refractivity contribution is 5.59. The zero-order valence-corrected chi connectivity index (χ0v) is 13.8. The van der Waals surface area contributed by atoms with Crippen molar-refractivity contribution in [2.45, 2.75) is 12.8 Å². The molecule has 1 N–H and O–H groups in total. The van der Waals surface area contributed by atoms with Gasteiger partial charge in [0.1, 0.15) is 5.69 Å². The first-order valence-corrected chi connectivity index (χ1v) is 8.30. The number of hydrogen-bond donors (Lipinski definition) is 1. The van der Waals surface area contributed by atoms with Gasteiger partial charge in [0.25, 0.3) is 5.56 Å². The van der Waals surface area contributed by atoms with Crippen LogP contribution in [0.3, 0.4) is 0 Å². The molecule has 1 aliphatic heterocycles. The maximum atomic E-state index is 12.4. The van der Waals surface area contributed by atoms with E-state index in [9.17, 15) is 4.79 Å². The SMILES string of the molecule is O=c1cc(CCc2ccc3c(c2)OCO3)nc2cc(-c3ccco3)[nH]n12. The van der Waals surface area contributed by atoms with Gasteiger partial charge in [-0.25, -0.2) is 9.50 Å². The summed E-state index contributed by atoms with van der Waals surface area (Å²) in [5.74, 6) is 2.20. The number of fused-ring (bicyclic) bond motifs is 2. The Bertz CT molecular complexity index is 1140. The molecule has 0 amide bonds. The maximum absolute atomic E-state index is 12.4. The molecule has 26 heavy (non-hydrogen) atoms. The van der Waals surface area contributed by atoms with Gasteiger partial charge in [0.15, 0.2) is 22.9 Å². The third-order valence-electron chi connectivity index (χ3n) is 4.40. The van der Waals surface area contributed by atoms with Gasteiger partial charge in [-0.1, -0.05) is 6.07 Å². The maximum Gasteiger partial charge on any atom is 0.272 e. The standard InChI is InChI=1S/C19H15N3O4/c23-19-9-13(5-3-12-4-6-16-17(8-12)26-11-25-16)20-18-10-14(21-22(18)19)15-2-1-7-24-15/h1-2,4,6-10,21H,3,5,11H2. The molecule has 5 rings (SSSR count). The van der Waals surface area contributed by atoms with Gasteiger partial charge in [-0.15, -0.1) is 0 Å². The Morgan fingerprint density at radius 3 is 2.88 bits per heavy atom. The Morgan fingerprint density at radius 2 is 2.00 bits per heavy atom. The molecule has 3 aromatic heterocycles. The molecule has 0 aliphatic carbocycles. The minimum Gasteiger partial charge on any atom is -0.463 e. The van der Waals surface area contributed by atoms with Crippen LogP contribution in [0.2, 0.25) is 0 Å². The molecular weight excluding hydrogens is 334 g/mol. The fourth-order valence-corrected chi connectivity index (χ4v) is 3.10. The Kier molecular flexibility index (Phi) is 3.31. The first-order chi connectivity index (χ1) is 12.8. The summed E-state index contributed by atoms with van der Waals surface area (Å²) in [5, 5.41) is 3.01. The van der Waals surface area contributed by atoms with Gasteiger partial charge >= 0.3 is 0 Å². The number of ether oxygens (including phenoxy) is 2. The Balaban J connectivity index is 1.41. The van der Waals surface area contributed by atoms with E-state index in [2.05, 4.69) is 10.1 Å². The summed E-state index contributed by atoms with van der Waals surface area (Å²) < 4.78 is 17.5. The number of aromatic amines is 1. The van der Waals surface area contributed by atoms with Gasteiger partial charge < -0.3 is 13.9 Å². The van der Waals surface area contributed by atoms with Crippen LogP contribution >= 0.6 is 0 Å². The summed E-state index contributed by atoms with van der Waals surface area (Å²) in [5.41, 5.74) is 3.00. The van der Waals surface area contributed by atoms with E-state index in [1.165, 1.54) is 4.52 Å². The molecule has 0 saturated heterocycles. The summed E-state index contributed by atoms with van der Waals surface area (Å²) in [4.78, 5) is 17.0. The Labute approximate surface area is 147 Å². The molecule has 7 heteroatoms. The topological polar surface area (TPSA) is 81.8 Å². The van der Waals surface area contributed by atoms with E-state index in [1.807, 2.05) is 30.3 Å². The Morgan fingerprint density at radius 1 is 1.08 bits per heavy atom. The molecular formula is C19H15N3O4. The zero-order valence-electron chi connectivity index (χ0n) is 13.8. The summed E-state index contributed by atoms with van der Waals surface area (Å²) in [6.45, 7) is 0.263. The molecule has 0 fully saturated rings. The summed E-state index contributed by atoms with van der Waals surface area (Å²) in [7, 11) is 0. The van der Waals surface area contributed by atoms with Crippen LogP contribution in [0, 0.1) is 0 Å². The number of nitrogens with one attached hydrogen (secondary N) is 1. The van der Waals surface area contributed by atoms with E-state index < -0.39 is 0 Å². The fraction of sp³-hybridized carbons (Fsp3) is 0.158. The minimum atomic E-state index is -0.145. The molecule has 0 atom stereocenters. The van der Waals surface area contributed by atoms with Gasteiger partial charge in [-0.05, 0) is 42.7 Å². The van der Waals surface area contributed by atoms with Crippen molar-refractivity contribution in [2.75, 3.05) is 6.79 Å². The van der Waals surface area contributed by atoms with Gasteiger partial charge in [0.05, 0.1) is 6.26 Å². The van der Waals surface area contributed by atoms with E-state index in [0.29, 0.717) is 23.5 Å². The number of furan rings is 1. The first-order valence-electron chi connectivity index (χ1n) is 8.30. The highest BCUT2D eigenvalue weighted by atomic mass is 16.7. The lowest BCUT2D eigenvalue weighted by atomic mass is 10.1. The second-order valence-electron chi connectivity index (χ2n) is 6.11. The third kappa shape index (κ3) is 2.54. The fourth-order valence-electron chi connectivity index (χ4n) is 3.10. The largest absolute Gasteiger partial charge is 0.463 e. The monoisotopic (exact) mass is 349 g/mol. The van der Waals surface area contributed by atoms with Crippen molar-refractivity contribution in [3.05, 3.63) is 70.3 Å². The second kappa shape index (κ2) is 5.80. The van der Waals surface area contributed by atoms with Crippen molar-refractivity contribution in [2.24, 2.45) is 0 Å². The first kappa shape index (κ1) is 14.8. The molecule has 0 unspecified atom stereocenters. The zero-order chi connectivity index (χ0) is 17.5. The van der Waals surface area contributed by atoms with Crippen LogP contribution < -0.4 is 15.0 Å². The van der Waals surface area contributed by atoms with Crippen LogP contribution in [0.5, 0.6) is 11.5 Å². The molecule has 1 aliphatic rings. The molecule has 4 heterocycles. The molecule has 1 aromatic carbocycles. The molecule has 0 radical (unpaired) electrons. The van der Waals surface area contributed by atoms with Crippen molar-refractivity contribution in [1.82, 2.24) is 14.6 Å². The number of aromatic nitrogens is 3. The number of benzene rings is 1. The summed E-state index contributed by atoms with van der Waals surface area (Å²) >= 11 is 0. The van der Waals surface area contributed by atoms with Gasteiger partial charge in [-0.3, -0.25) is 9.89 Å². The van der Waals surface area contributed by atoms with Crippen molar-refractivity contribution in [3.8, 4) is 23.0 Å². The van der Waals surface area contributed by atoms with E-state index in [0.717, 1.165) is 29.2 Å². The molecule has 0 spiro atoms. The second-order valence-corrected chi connectivity index (χ2v) is 6.11. The smallest absolute Gasteiger partial charge is 0.272 e. The predicted molar refractivity (Wildman–Crippen MR) is 93.5 cm³/mol. The molecule has 130 valence electrons. The summed E-state index contributed by atoms with van der Waals surface area (Å²) in [6, 6.07) is 12.9. The van der Waals surface area contributed by atoms with E-state index in [1.54, 1.807) is 18.4 Å². The Hall–Kier alpha value is -3.48. The highest BCUT2D eigenvalue weighted by Crippen LogP contribution is 2.32. The van der Waals surface area contributed by atoms with Crippen LogP contribution in [-0.4, -0.2) is 21.4 Å². The van der Waals surface area contributed by atoms with Crippen LogP contribution in [0.15, 0.2) is 57.9 Å². The highest BCUT2D eigenvalue weighted by Gasteiger charge is 2.14. The molecule has 7 nitrogen and oxygen atoms in total. The lowest BCUT2D eigenvalue weighted by Gasteiger charge is -2.03. The number of hydrogen-bond acceptors (Lipinski definition) is 5. The average molecular weight is 349 g/mol. The van der Waals surface area contributed by atoms with E-state index in [4.69, 9.17) is 13.9 Å². The number of H-pyrrole nitrogens is 1. The van der Waals surface area contributed by atoms with Crippen molar-refractivity contribution in [1.29, 1.82) is 0 Å². The lowest BCUT2D eigenvalue weighted by Crippen LogP contribution is -2.15. The number of rotatable bonds is 4. The average Bonchev–Trinajstić information content (AvgIpc) is 3.38. The van der Waals surface area contributed by atoms with Crippen molar-refractivity contribution < 1.29 is 13.9 Å². The molecule has 4 aromatic rings. The quantitative estimate of drug-likeness (QED) is 0.613. The van der Waals surface area contributed by atoms with Crippen molar-refractivity contribution >= 4 is 5.65 Å². The minimum absolute atomic E-state index is 0.145. The van der Waals surface area contributed by atoms with Crippen LogP contribution in [-0.2, 0) is 12.8 Å². The number of nitrogens with zero attached hydrogens (tertiary/aromatic N) is 2. The summed E-state index contributed by atoms with van der Waals surface area (Å²) in [6.07, 6.45) is 3.01. The predicted octanol–water partition coefficient (Wildman–Crippen LogP) is 2.80. The molecule has 0 saturated carbocycles. The van der Waals surface area contributed by atoms with Gasteiger partial charge in [0.2, 0.25) is 6.79 Å². The third-order valence-corrected chi connectivity index (χ3v) is 4.40. The van der Waals surface area contributed by atoms with E-state index >= 15 is 0 Å². The van der Waals surface area contributed by atoms with Crippen molar-refractivity contribution in [3.63, 3.8) is 0 Å². The van der Waals surface area contributed by atoms with Gasteiger partial charge in [0, 0.05) is 17.8 Å². The molecule has 0 bridgehead atoms. The lowest BCUT2D eigenvalue weighted by molar-refractivity contribution is 0.174. The van der Waals surface area contributed by atoms with Gasteiger partial charge in [-0.2, -0.15) is 0 Å². The van der Waals surface area contributed by atoms with Crippen LogP contribution in [0.25, 0.3) is 17.1 Å². The van der Waals surface area contributed by atoms with E-state index in [-0.39, 0.29) is 12.4 Å². The number of aryl methyl sites for hydroxylation is 2.